The van der Waals surface area contributed by atoms with Crippen molar-refractivity contribution in [2.45, 2.75) is 56.4 Å². The molecule has 4 unspecified atom stereocenters. The lowest BCUT2D eigenvalue weighted by Crippen LogP contribution is -2.47. The maximum atomic E-state index is 13.6. The highest BCUT2D eigenvalue weighted by atomic mass is 32.2. The van der Waals surface area contributed by atoms with Gasteiger partial charge in [-0.3, -0.25) is 4.52 Å². The number of carbonyl (C=O) groups excluding carboxylic acids is 1. The summed E-state index contributed by atoms with van der Waals surface area (Å²) in [6.07, 6.45) is -1.64. The highest BCUT2D eigenvalue weighted by Crippen LogP contribution is 2.57. The molecule has 13 heteroatoms. The van der Waals surface area contributed by atoms with Crippen molar-refractivity contribution < 1.29 is 36.7 Å². The van der Waals surface area contributed by atoms with Gasteiger partial charge in [0.25, 0.3) is 0 Å². The van der Waals surface area contributed by atoms with Crippen LogP contribution >= 0.6 is 7.75 Å². The Morgan fingerprint density at radius 1 is 1.21 bits per heavy atom. The molecule has 0 radical (unpaired) electrons. The van der Waals surface area contributed by atoms with Crippen molar-refractivity contribution in [2.24, 2.45) is 5.92 Å². The molecule has 4 rings (SSSR count). The molecule has 1 amide bonds. The minimum atomic E-state index is -4.67. The van der Waals surface area contributed by atoms with Crippen molar-refractivity contribution in [3.05, 3.63) is 60.2 Å². The minimum Gasteiger partial charge on any atom is -0.419 e. The molecule has 38 heavy (non-hydrogen) atoms. The van der Waals surface area contributed by atoms with Crippen LogP contribution in [0.3, 0.4) is 0 Å². The van der Waals surface area contributed by atoms with Crippen LogP contribution in [0.1, 0.15) is 32.3 Å². The van der Waals surface area contributed by atoms with E-state index >= 15 is 0 Å². The first-order valence-corrected chi connectivity index (χ1v) is 15.5. The summed E-state index contributed by atoms with van der Waals surface area (Å²) in [5.74, 6) is -0.0611. The number of amides is 1. The summed E-state index contributed by atoms with van der Waals surface area (Å²) in [4.78, 5) is 24.0. The van der Waals surface area contributed by atoms with Crippen LogP contribution in [0.25, 0.3) is 0 Å². The van der Waals surface area contributed by atoms with Crippen LogP contribution in [0.2, 0.25) is 0 Å². The van der Waals surface area contributed by atoms with Gasteiger partial charge in [-0.1, -0.05) is 44.2 Å². The molecule has 2 fully saturated rings. The quantitative estimate of drug-likeness (QED) is 0.342. The SMILES string of the molecule is CC(C)CN(CC1OP(=O)(O)N(C(=O)OC2CCCO2)C1Cc1ccccc1)S(=O)(=O)c1ccc(N)cc1. The third kappa shape index (κ3) is 6.56. The lowest BCUT2D eigenvalue weighted by Gasteiger charge is -2.30. The summed E-state index contributed by atoms with van der Waals surface area (Å²) < 4.78 is 58.7. The smallest absolute Gasteiger partial charge is 0.419 e. The van der Waals surface area contributed by atoms with Gasteiger partial charge in [0.1, 0.15) is 6.10 Å². The fourth-order valence-electron chi connectivity index (χ4n) is 4.58. The normalized spacial score (nSPS) is 25.8. The number of benzene rings is 2. The van der Waals surface area contributed by atoms with Gasteiger partial charge >= 0.3 is 13.8 Å². The van der Waals surface area contributed by atoms with E-state index in [0.29, 0.717) is 25.1 Å². The molecule has 2 aliphatic heterocycles. The Balaban J connectivity index is 1.67. The Labute approximate surface area is 223 Å². The third-order valence-electron chi connectivity index (χ3n) is 6.35. The van der Waals surface area contributed by atoms with Gasteiger partial charge in [-0.2, -0.15) is 4.31 Å². The second-order valence-electron chi connectivity index (χ2n) is 9.85. The second-order valence-corrected chi connectivity index (χ2v) is 13.4. The molecule has 2 aromatic rings. The Morgan fingerprint density at radius 2 is 1.89 bits per heavy atom. The van der Waals surface area contributed by atoms with Crippen molar-refractivity contribution in [1.29, 1.82) is 0 Å². The van der Waals surface area contributed by atoms with Gasteiger partial charge in [-0.25, -0.2) is 22.4 Å². The highest BCUT2D eigenvalue weighted by Gasteiger charge is 2.54. The van der Waals surface area contributed by atoms with E-state index in [2.05, 4.69) is 0 Å². The van der Waals surface area contributed by atoms with Gasteiger partial charge in [0, 0.05) is 25.2 Å². The summed E-state index contributed by atoms with van der Waals surface area (Å²) in [5.41, 5.74) is 6.93. The van der Waals surface area contributed by atoms with Crippen LogP contribution in [0.4, 0.5) is 10.5 Å². The Morgan fingerprint density at radius 3 is 2.50 bits per heavy atom. The number of nitrogen functional groups attached to an aromatic ring is 1. The average molecular weight is 568 g/mol. The standard InChI is InChI=1S/C25H34N3O8PS/c1-18(2)16-27(38(32,33)21-12-10-20(26)11-13-21)17-23-22(15-19-7-4-3-5-8-19)28(37(30,31)36-23)25(29)35-24-9-6-14-34-24/h3-5,7-8,10-13,18,22-24H,6,9,14-17,26H2,1-2H3,(H,30,31). The lowest BCUT2D eigenvalue weighted by atomic mass is 10.0. The molecular formula is C25H34N3O8PS. The van der Waals surface area contributed by atoms with E-state index in [1.807, 2.05) is 44.2 Å². The highest BCUT2D eigenvalue weighted by molar-refractivity contribution is 7.89. The van der Waals surface area contributed by atoms with Gasteiger partial charge in [0.15, 0.2) is 0 Å². The summed E-state index contributed by atoms with van der Waals surface area (Å²) in [5, 5.41) is 0. The van der Waals surface area contributed by atoms with E-state index in [1.54, 1.807) is 0 Å². The maximum absolute atomic E-state index is 13.6. The van der Waals surface area contributed by atoms with Crippen LogP contribution in [-0.2, 0) is 35.0 Å². The molecule has 0 aliphatic carbocycles. The molecule has 4 atom stereocenters. The van der Waals surface area contributed by atoms with Crippen LogP contribution < -0.4 is 5.73 Å². The second kappa shape index (κ2) is 11.7. The first-order valence-electron chi connectivity index (χ1n) is 12.5. The minimum absolute atomic E-state index is 0.0341. The van der Waals surface area contributed by atoms with Crippen LogP contribution in [0, 0.1) is 5.92 Å². The molecule has 0 saturated carbocycles. The largest absolute Gasteiger partial charge is 0.438 e. The zero-order valence-corrected chi connectivity index (χ0v) is 23.1. The van der Waals surface area contributed by atoms with Gasteiger partial charge in [0.2, 0.25) is 16.3 Å². The zero-order valence-electron chi connectivity index (χ0n) is 21.4. The zero-order chi connectivity index (χ0) is 27.5. The fourth-order valence-corrected chi connectivity index (χ4v) is 7.72. The van der Waals surface area contributed by atoms with Crippen molar-refractivity contribution >= 4 is 29.6 Å². The van der Waals surface area contributed by atoms with E-state index < -0.39 is 42.3 Å². The molecule has 2 saturated heterocycles. The maximum Gasteiger partial charge on any atom is 0.438 e. The molecule has 2 aromatic carbocycles. The number of nitrogens with zero attached hydrogens (tertiary/aromatic N) is 2. The van der Waals surface area contributed by atoms with Crippen molar-refractivity contribution in [3.63, 3.8) is 0 Å². The van der Waals surface area contributed by atoms with E-state index in [1.165, 1.54) is 28.6 Å². The number of carbonyl (C=O) groups is 1. The Kier molecular flexibility index (Phi) is 8.81. The Bertz CT molecular complexity index is 1250. The predicted molar refractivity (Wildman–Crippen MR) is 140 cm³/mol. The van der Waals surface area contributed by atoms with E-state index in [0.717, 1.165) is 10.2 Å². The molecule has 2 heterocycles. The van der Waals surface area contributed by atoms with E-state index in [-0.39, 0.29) is 30.3 Å². The van der Waals surface area contributed by atoms with Gasteiger partial charge in [-0.15, -0.1) is 0 Å². The molecule has 3 N–H and O–H groups in total. The molecule has 11 nitrogen and oxygen atoms in total. The topological polar surface area (TPSA) is 149 Å². The molecule has 2 aliphatic rings. The average Bonchev–Trinajstić information content (AvgIpc) is 3.44. The molecule has 208 valence electrons. The Hall–Kier alpha value is -2.47. The molecule has 0 aromatic heterocycles. The lowest BCUT2D eigenvalue weighted by molar-refractivity contribution is -0.0750. The van der Waals surface area contributed by atoms with Crippen molar-refractivity contribution in [2.75, 3.05) is 25.4 Å². The van der Waals surface area contributed by atoms with Crippen molar-refractivity contribution in [1.82, 2.24) is 8.98 Å². The first-order chi connectivity index (χ1) is 18.0. The summed E-state index contributed by atoms with van der Waals surface area (Å²) in [7, 11) is -8.69. The van der Waals surface area contributed by atoms with E-state index in [9.17, 15) is 22.7 Å². The van der Waals surface area contributed by atoms with Crippen LogP contribution in [-0.4, -0.2) is 66.5 Å². The van der Waals surface area contributed by atoms with Gasteiger partial charge < -0.3 is 20.1 Å². The summed E-state index contributed by atoms with van der Waals surface area (Å²) >= 11 is 0. The summed E-state index contributed by atoms with van der Waals surface area (Å²) in [6.45, 7) is 4.03. The number of sulfonamides is 1. The van der Waals surface area contributed by atoms with Crippen molar-refractivity contribution in [3.8, 4) is 0 Å². The van der Waals surface area contributed by atoms with E-state index in [4.69, 9.17) is 19.7 Å². The number of rotatable bonds is 9. The van der Waals surface area contributed by atoms with Crippen LogP contribution in [0.5, 0.6) is 0 Å². The number of nitrogens with two attached hydrogens (primary N) is 1. The summed E-state index contributed by atoms with van der Waals surface area (Å²) in [6, 6.07) is 13.9. The van der Waals surface area contributed by atoms with Crippen LogP contribution in [0.15, 0.2) is 59.5 Å². The number of hydrogen-bond donors (Lipinski definition) is 2. The monoisotopic (exact) mass is 567 g/mol. The van der Waals surface area contributed by atoms with Gasteiger partial charge in [-0.05, 0) is 48.6 Å². The first kappa shape index (κ1) is 28.5. The third-order valence-corrected chi connectivity index (χ3v) is 9.75. The number of hydrogen-bond acceptors (Lipinski definition) is 8. The number of anilines is 1. The molecule has 0 spiro atoms. The number of ether oxygens (including phenoxy) is 2. The fraction of sp³-hybridized carbons (Fsp3) is 0.480. The molecule has 0 bridgehead atoms. The van der Waals surface area contributed by atoms with Gasteiger partial charge in [0.05, 0.1) is 17.5 Å². The molecular weight excluding hydrogens is 533 g/mol. The predicted octanol–water partition coefficient (Wildman–Crippen LogP) is 3.60.